The van der Waals surface area contributed by atoms with Gasteiger partial charge in [0.05, 0.1) is 0 Å². The molecular weight excluding hydrogens is 194 g/mol. The van der Waals surface area contributed by atoms with Gasteiger partial charge in [-0.1, -0.05) is 37.3 Å². The van der Waals surface area contributed by atoms with Crippen molar-refractivity contribution in [2.45, 2.75) is 13.8 Å². The van der Waals surface area contributed by atoms with Gasteiger partial charge in [-0.15, -0.1) is 11.6 Å². The second kappa shape index (κ2) is 5.82. The van der Waals surface area contributed by atoms with Crippen molar-refractivity contribution in [2.24, 2.45) is 10.9 Å². The summed E-state index contributed by atoms with van der Waals surface area (Å²) in [6.45, 7) is 4.95. The average molecular weight is 210 g/mol. The highest BCUT2D eigenvalue weighted by atomic mass is 35.5. The van der Waals surface area contributed by atoms with E-state index in [0.717, 1.165) is 12.3 Å². The van der Waals surface area contributed by atoms with Crippen molar-refractivity contribution in [1.82, 2.24) is 0 Å². The summed E-state index contributed by atoms with van der Waals surface area (Å²) in [5, 5.41) is 0. The molecule has 0 amide bonds. The van der Waals surface area contributed by atoms with Crippen molar-refractivity contribution < 1.29 is 0 Å². The quantitative estimate of drug-likeness (QED) is 0.533. The third-order valence-corrected chi connectivity index (χ3v) is 2.62. The average Bonchev–Trinajstić information content (AvgIpc) is 2.26. The predicted octanol–water partition coefficient (Wildman–Crippen LogP) is 3.37. The van der Waals surface area contributed by atoms with Crippen LogP contribution in [0.1, 0.15) is 19.4 Å². The molecule has 0 bridgehead atoms. The number of nitrogens with zero attached hydrogens (tertiary/aromatic N) is 1. The fourth-order valence-electron chi connectivity index (χ4n) is 1.11. The van der Waals surface area contributed by atoms with Crippen LogP contribution in [0.3, 0.4) is 0 Å². The second-order valence-electron chi connectivity index (χ2n) is 3.55. The molecule has 0 N–H and O–H groups in total. The van der Waals surface area contributed by atoms with E-state index in [4.69, 9.17) is 11.6 Å². The zero-order chi connectivity index (χ0) is 10.4. The Hall–Kier alpha value is -0.820. The lowest BCUT2D eigenvalue weighted by atomic mass is 10.1. The molecule has 0 heterocycles. The summed E-state index contributed by atoms with van der Waals surface area (Å²) in [7, 11) is 0. The van der Waals surface area contributed by atoms with Gasteiger partial charge in [-0.05, 0) is 18.4 Å². The van der Waals surface area contributed by atoms with Gasteiger partial charge in [-0.2, -0.15) is 0 Å². The maximum Gasteiger partial charge on any atom is 0.0429 e. The van der Waals surface area contributed by atoms with Crippen LogP contribution in [-0.4, -0.2) is 18.1 Å². The smallest absolute Gasteiger partial charge is 0.0429 e. The molecule has 1 atom stereocenters. The first kappa shape index (κ1) is 11.3. The summed E-state index contributed by atoms with van der Waals surface area (Å²) in [5.74, 6) is 1.13. The standard InChI is InChI=1S/C12H16ClN/c1-10(8-13)9-14-11(2)12-6-4-3-5-7-12/h3-7,10H,8-9H2,1-2H3/t10-/m1/s1. The molecule has 1 rings (SSSR count). The van der Waals surface area contributed by atoms with E-state index in [1.54, 1.807) is 0 Å². The van der Waals surface area contributed by atoms with Gasteiger partial charge in [0.1, 0.15) is 0 Å². The lowest BCUT2D eigenvalue weighted by Crippen LogP contribution is -2.04. The highest BCUT2D eigenvalue weighted by Gasteiger charge is 1.99. The van der Waals surface area contributed by atoms with Crippen molar-refractivity contribution >= 4 is 17.3 Å². The second-order valence-corrected chi connectivity index (χ2v) is 3.86. The van der Waals surface area contributed by atoms with E-state index in [0.29, 0.717) is 11.8 Å². The monoisotopic (exact) mass is 209 g/mol. The zero-order valence-corrected chi connectivity index (χ0v) is 9.46. The molecule has 1 aromatic rings. The molecule has 14 heavy (non-hydrogen) atoms. The molecule has 0 spiro atoms. The normalized spacial score (nSPS) is 14.1. The predicted molar refractivity (Wildman–Crippen MR) is 63.4 cm³/mol. The molecule has 0 saturated carbocycles. The maximum absolute atomic E-state index is 5.71. The molecule has 0 fully saturated rings. The molecule has 0 unspecified atom stereocenters. The van der Waals surface area contributed by atoms with E-state index < -0.39 is 0 Å². The number of aliphatic imine (C=N–C) groups is 1. The number of rotatable bonds is 4. The minimum atomic E-state index is 0.454. The van der Waals surface area contributed by atoms with Gasteiger partial charge in [-0.3, -0.25) is 4.99 Å². The molecule has 76 valence electrons. The van der Waals surface area contributed by atoms with Crippen molar-refractivity contribution in [2.75, 3.05) is 12.4 Å². The van der Waals surface area contributed by atoms with Crippen molar-refractivity contribution in [3.8, 4) is 0 Å². The lowest BCUT2D eigenvalue weighted by molar-refractivity contribution is 0.673. The van der Waals surface area contributed by atoms with Gasteiger partial charge in [0.2, 0.25) is 0 Å². The van der Waals surface area contributed by atoms with E-state index in [1.807, 2.05) is 25.1 Å². The Bertz CT molecular complexity index is 292. The van der Waals surface area contributed by atoms with Crippen LogP contribution in [0.4, 0.5) is 0 Å². The molecule has 0 saturated heterocycles. The first-order chi connectivity index (χ1) is 6.74. The summed E-state index contributed by atoms with van der Waals surface area (Å²) >= 11 is 5.71. The van der Waals surface area contributed by atoms with Gasteiger partial charge in [-0.25, -0.2) is 0 Å². The molecule has 0 radical (unpaired) electrons. The van der Waals surface area contributed by atoms with Crippen LogP contribution in [0, 0.1) is 5.92 Å². The van der Waals surface area contributed by atoms with Gasteiger partial charge in [0.15, 0.2) is 0 Å². The molecular formula is C12H16ClN. The van der Waals surface area contributed by atoms with Crippen LogP contribution in [0.25, 0.3) is 0 Å². The van der Waals surface area contributed by atoms with Gasteiger partial charge >= 0.3 is 0 Å². The highest BCUT2D eigenvalue weighted by Crippen LogP contribution is 2.03. The van der Waals surface area contributed by atoms with E-state index in [-0.39, 0.29) is 0 Å². The van der Waals surface area contributed by atoms with Crippen molar-refractivity contribution in [3.05, 3.63) is 35.9 Å². The Morgan fingerprint density at radius 2 is 2.00 bits per heavy atom. The minimum Gasteiger partial charge on any atom is -0.289 e. The molecule has 0 aromatic heterocycles. The topological polar surface area (TPSA) is 12.4 Å². The Balaban J connectivity index is 2.61. The zero-order valence-electron chi connectivity index (χ0n) is 8.70. The number of alkyl halides is 1. The molecule has 0 aliphatic heterocycles. The third-order valence-electron chi connectivity index (χ3n) is 2.10. The van der Waals surface area contributed by atoms with Crippen LogP contribution >= 0.6 is 11.6 Å². The SMILES string of the molecule is CC(=NC[C@H](C)CCl)c1ccccc1. The van der Waals surface area contributed by atoms with Crippen LogP contribution < -0.4 is 0 Å². The van der Waals surface area contributed by atoms with Crippen LogP contribution in [0.2, 0.25) is 0 Å². The van der Waals surface area contributed by atoms with Gasteiger partial charge < -0.3 is 0 Å². The number of hydrogen-bond acceptors (Lipinski definition) is 1. The molecule has 2 heteroatoms. The molecule has 1 aromatic carbocycles. The summed E-state index contributed by atoms with van der Waals surface area (Å²) in [6, 6.07) is 10.2. The van der Waals surface area contributed by atoms with E-state index in [1.165, 1.54) is 5.56 Å². The van der Waals surface area contributed by atoms with Crippen molar-refractivity contribution in [1.29, 1.82) is 0 Å². The van der Waals surface area contributed by atoms with Gasteiger partial charge in [0.25, 0.3) is 0 Å². The third kappa shape index (κ3) is 3.51. The van der Waals surface area contributed by atoms with Gasteiger partial charge in [0, 0.05) is 18.1 Å². The molecule has 0 aliphatic carbocycles. The Morgan fingerprint density at radius 3 is 2.57 bits per heavy atom. The van der Waals surface area contributed by atoms with Crippen LogP contribution in [-0.2, 0) is 0 Å². The first-order valence-electron chi connectivity index (χ1n) is 4.86. The Morgan fingerprint density at radius 1 is 1.36 bits per heavy atom. The minimum absolute atomic E-state index is 0.454. The number of hydrogen-bond donors (Lipinski definition) is 0. The van der Waals surface area contributed by atoms with Crippen LogP contribution in [0.5, 0.6) is 0 Å². The largest absolute Gasteiger partial charge is 0.289 e. The Kier molecular flexibility index (Phi) is 4.68. The van der Waals surface area contributed by atoms with E-state index in [2.05, 4.69) is 24.0 Å². The fraction of sp³-hybridized carbons (Fsp3) is 0.417. The maximum atomic E-state index is 5.71. The summed E-state index contributed by atoms with van der Waals surface area (Å²) in [4.78, 5) is 4.50. The summed E-state index contributed by atoms with van der Waals surface area (Å²) in [5.41, 5.74) is 2.27. The fourth-order valence-corrected chi connectivity index (χ4v) is 1.21. The summed E-state index contributed by atoms with van der Waals surface area (Å²) < 4.78 is 0. The lowest BCUT2D eigenvalue weighted by Gasteiger charge is -2.04. The van der Waals surface area contributed by atoms with Crippen LogP contribution in [0.15, 0.2) is 35.3 Å². The first-order valence-corrected chi connectivity index (χ1v) is 5.40. The highest BCUT2D eigenvalue weighted by molar-refractivity contribution is 6.18. The van der Waals surface area contributed by atoms with Crippen molar-refractivity contribution in [3.63, 3.8) is 0 Å². The van der Waals surface area contributed by atoms with E-state index >= 15 is 0 Å². The Labute approximate surface area is 90.8 Å². The summed E-state index contributed by atoms with van der Waals surface area (Å²) in [6.07, 6.45) is 0. The molecule has 0 aliphatic rings. The number of halogens is 1. The van der Waals surface area contributed by atoms with E-state index in [9.17, 15) is 0 Å². The number of benzene rings is 1. The molecule has 1 nitrogen and oxygen atoms in total.